The van der Waals surface area contributed by atoms with Crippen LogP contribution in [0.4, 0.5) is 5.69 Å². The number of benzene rings is 2. The van der Waals surface area contributed by atoms with Gasteiger partial charge < -0.3 is 10.1 Å². The molecular formula is C24H27Cl3N2O3. The maximum absolute atomic E-state index is 12.5. The fourth-order valence-electron chi connectivity index (χ4n) is 4.57. The van der Waals surface area contributed by atoms with Crippen LogP contribution in [0.1, 0.15) is 52.8 Å². The van der Waals surface area contributed by atoms with Crippen molar-refractivity contribution in [1.82, 2.24) is 4.90 Å². The van der Waals surface area contributed by atoms with Gasteiger partial charge in [-0.05, 0) is 81.2 Å². The van der Waals surface area contributed by atoms with E-state index in [0.717, 1.165) is 6.42 Å². The second-order valence-corrected chi connectivity index (χ2v) is 9.07. The molecule has 2 aromatic carbocycles. The molecular weight excluding hydrogens is 471 g/mol. The van der Waals surface area contributed by atoms with Gasteiger partial charge in [-0.25, -0.2) is 4.79 Å². The van der Waals surface area contributed by atoms with Crippen molar-refractivity contribution in [2.45, 2.75) is 38.1 Å². The average Bonchev–Trinajstić information content (AvgIpc) is 2.79. The second kappa shape index (κ2) is 11.4. The van der Waals surface area contributed by atoms with Crippen LogP contribution in [0.3, 0.4) is 0 Å². The minimum Gasteiger partial charge on any atom is -0.462 e. The molecule has 0 aromatic heterocycles. The van der Waals surface area contributed by atoms with Gasteiger partial charge >= 0.3 is 5.97 Å². The number of nitrogens with zero attached hydrogens (tertiary/aromatic N) is 1. The predicted molar refractivity (Wildman–Crippen MR) is 130 cm³/mol. The Morgan fingerprint density at radius 2 is 1.66 bits per heavy atom. The van der Waals surface area contributed by atoms with E-state index in [1.807, 2.05) is 0 Å². The number of hydrogen-bond donors (Lipinski definition) is 1. The number of halogens is 3. The van der Waals surface area contributed by atoms with Crippen molar-refractivity contribution >= 4 is 53.2 Å². The van der Waals surface area contributed by atoms with Crippen LogP contribution in [-0.4, -0.2) is 42.5 Å². The molecule has 2 aliphatic heterocycles. The number of rotatable bonds is 5. The Labute approximate surface area is 204 Å². The highest BCUT2D eigenvalue weighted by atomic mass is 35.5. The first-order valence-corrected chi connectivity index (χ1v) is 11.5. The zero-order valence-corrected chi connectivity index (χ0v) is 20.0. The lowest BCUT2D eigenvalue weighted by Crippen LogP contribution is -2.49. The fourth-order valence-corrected chi connectivity index (χ4v) is 4.87. The van der Waals surface area contributed by atoms with Crippen LogP contribution in [0.25, 0.3) is 0 Å². The molecule has 8 heteroatoms. The van der Waals surface area contributed by atoms with Gasteiger partial charge in [0.15, 0.2) is 0 Å². The summed E-state index contributed by atoms with van der Waals surface area (Å²) in [6.07, 6.45) is 6.04. The third kappa shape index (κ3) is 5.96. The highest BCUT2D eigenvalue weighted by Crippen LogP contribution is 2.31. The molecule has 2 aliphatic rings. The van der Waals surface area contributed by atoms with Crippen LogP contribution in [0, 0.1) is 5.92 Å². The maximum Gasteiger partial charge on any atom is 0.338 e. The Morgan fingerprint density at radius 3 is 2.41 bits per heavy atom. The monoisotopic (exact) mass is 496 g/mol. The molecule has 2 atom stereocenters. The van der Waals surface area contributed by atoms with Gasteiger partial charge in [0, 0.05) is 23.2 Å². The van der Waals surface area contributed by atoms with Crippen LogP contribution < -0.4 is 5.32 Å². The SMILES string of the molecule is Cl.O=C(Nc1ccc(C(=O)OCC2CCCN3CCCCC23)cc1)c1ccc(Cl)c(Cl)c1. The van der Waals surface area contributed by atoms with Gasteiger partial charge in [-0.15, -0.1) is 12.4 Å². The summed E-state index contributed by atoms with van der Waals surface area (Å²) in [5, 5.41) is 3.50. The van der Waals surface area contributed by atoms with Gasteiger partial charge in [0.25, 0.3) is 5.91 Å². The zero-order valence-electron chi connectivity index (χ0n) is 17.7. The molecule has 1 N–H and O–H groups in total. The Hall–Kier alpha value is -1.79. The summed E-state index contributed by atoms with van der Waals surface area (Å²) in [4.78, 5) is 27.5. The third-order valence-corrected chi connectivity index (χ3v) is 6.96. The number of carbonyl (C=O) groups excluding carboxylic acids is 2. The van der Waals surface area contributed by atoms with Crippen molar-refractivity contribution in [3.8, 4) is 0 Å². The normalized spacial score (nSPS) is 20.6. The smallest absolute Gasteiger partial charge is 0.338 e. The summed E-state index contributed by atoms with van der Waals surface area (Å²) < 4.78 is 5.65. The minimum atomic E-state index is -0.324. The number of esters is 1. The Kier molecular flexibility index (Phi) is 8.83. The molecule has 0 bridgehead atoms. The van der Waals surface area contributed by atoms with Crippen molar-refractivity contribution in [2.24, 2.45) is 5.92 Å². The Morgan fingerprint density at radius 1 is 0.938 bits per heavy atom. The highest BCUT2D eigenvalue weighted by Gasteiger charge is 2.33. The fraction of sp³-hybridized carbons (Fsp3) is 0.417. The van der Waals surface area contributed by atoms with Crippen LogP contribution in [-0.2, 0) is 4.74 Å². The van der Waals surface area contributed by atoms with Crippen LogP contribution in [0.15, 0.2) is 42.5 Å². The van der Waals surface area contributed by atoms with Crippen LogP contribution >= 0.6 is 35.6 Å². The Bertz CT molecular complexity index is 950. The van der Waals surface area contributed by atoms with E-state index in [1.54, 1.807) is 36.4 Å². The summed E-state index contributed by atoms with van der Waals surface area (Å²) in [5.41, 5.74) is 1.46. The van der Waals surface area contributed by atoms with E-state index in [0.29, 0.717) is 45.4 Å². The quantitative estimate of drug-likeness (QED) is 0.508. The molecule has 32 heavy (non-hydrogen) atoms. The Balaban J connectivity index is 0.00000289. The number of carbonyl (C=O) groups is 2. The summed E-state index contributed by atoms with van der Waals surface area (Å²) in [7, 11) is 0. The molecule has 2 unspecified atom stereocenters. The number of ether oxygens (including phenoxy) is 1. The number of fused-ring (bicyclic) bond motifs is 1. The lowest BCUT2D eigenvalue weighted by Gasteiger charge is -2.44. The first-order valence-electron chi connectivity index (χ1n) is 10.8. The summed E-state index contributed by atoms with van der Waals surface area (Å²) in [5.74, 6) is -0.207. The summed E-state index contributed by atoms with van der Waals surface area (Å²) >= 11 is 11.9. The van der Waals surface area contributed by atoms with E-state index in [2.05, 4.69) is 10.2 Å². The van der Waals surface area contributed by atoms with Crippen molar-refractivity contribution in [3.05, 3.63) is 63.6 Å². The number of anilines is 1. The van der Waals surface area contributed by atoms with E-state index in [1.165, 1.54) is 44.8 Å². The molecule has 2 saturated heterocycles. The first kappa shape index (κ1) is 24.8. The van der Waals surface area contributed by atoms with Crippen molar-refractivity contribution in [2.75, 3.05) is 25.0 Å². The molecule has 2 fully saturated rings. The van der Waals surface area contributed by atoms with Crippen LogP contribution in [0.5, 0.6) is 0 Å². The maximum atomic E-state index is 12.5. The standard InChI is InChI=1S/C24H26Cl2N2O3.ClH/c25-20-11-8-17(14-21(20)26)23(29)27-19-9-6-16(7-10-19)24(30)31-15-18-4-3-13-28-12-2-1-5-22(18)28;/h6-11,14,18,22H,1-5,12-13,15H2,(H,27,29);1H. The lowest BCUT2D eigenvalue weighted by atomic mass is 9.84. The van der Waals surface area contributed by atoms with Gasteiger partial charge in [-0.2, -0.15) is 0 Å². The lowest BCUT2D eigenvalue weighted by molar-refractivity contribution is 0.00739. The molecule has 0 aliphatic carbocycles. The van der Waals surface area contributed by atoms with Crippen molar-refractivity contribution in [3.63, 3.8) is 0 Å². The van der Waals surface area contributed by atoms with Gasteiger partial charge in [0.1, 0.15) is 0 Å². The minimum absolute atomic E-state index is 0. The molecule has 5 nitrogen and oxygen atoms in total. The number of nitrogens with one attached hydrogen (secondary N) is 1. The summed E-state index contributed by atoms with van der Waals surface area (Å²) in [6, 6.07) is 12.0. The predicted octanol–water partition coefficient (Wildman–Crippen LogP) is 6.09. The van der Waals surface area contributed by atoms with Crippen molar-refractivity contribution in [1.29, 1.82) is 0 Å². The van der Waals surface area contributed by atoms with Gasteiger partial charge in [0.2, 0.25) is 0 Å². The molecule has 0 spiro atoms. The van der Waals surface area contributed by atoms with E-state index < -0.39 is 0 Å². The highest BCUT2D eigenvalue weighted by molar-refractivity contribution is 6.42. The van der Waals surface area contributed by atoms with Gasteiger partial charge in [0.05, 0.1) is 22.2 Å². The molecule has 4 rings (SSSR count). The molecule has 1 amide bonds. The topological polar surface area (TPSA) is 58.6 Å². The number of amides is 1. The largest absolute Gasteiger partial charge is 0.462 e. The molecule has 0 saturated carbocycles. The van der Waals surface area contributed by atoms with Crippen LogP contribution in [0.2, 0.25) is 10.0 Å². The number of piperidine rings is 2. The molecule has 2 heterocycles. The molecule has 0 radical (unpaired) electrons. The van der Waals surface area contributed by atoms with Gasteiger partial charge in [-0.3, -0.25) is 9.69 Å². The zero-order chi connectivity index (χ0) is 21.8. The van der Waals surface area contributed by atoms with Crippen molar-refractivity contribution < 1.29 is 14.3 Å². The van der Waals surface area contributed by atoms with E-state index in [9.17, 15) is 9.59 Å². The first-order chi connectivity index (χ1) is 15.0. The van der Waals surface area contributed by atoms with E-state index >= 15 is 0 Å². The molecule has 2 aromatic rings. The second-order valence-electron chi connectivity index (χ2n) is 8.26. The third-order valence-electron chi connectivity index (χ3n) is 6.22. The average molecular weight is 498 g/mol. The molecule has 172 valence electrons. The van der Waals surface area contributed by atoms with E-state index in [4.69, 9.17) is 27.9 Å². The van der Waals surface area contributed by atoms with E-state index in [-0.39, 0.29) is 24.3 Å². The summed E-state index contributed by atoms with van der Waals surface area (Å²) in [6.45, 7) is 2.81. The van der Waals surface area contributed by atoms with Gasteiger partial charge in [-0.1, -0.05) is 29.6 Å². The number of hydrogen-bond acceptors (Lipinski definition) is 4.